The van der Waals surface area contributed by atoms with Gasteiger partial charge in [0.2, 0.25) is 0 Å². The second kappa shape index (κ2) is 16.6. The molecule has 2 rings (SSSR count). The molecule has 6 heteroatoms. The third-order valence-corrected chi connectivity index (χ3v) is 5.25. The predicted molar refractivity (Wildman–Crippen MR) is 146 cm³/mol. The lowest BCUT2D eigenvalue weighted by Crippen LogP contribution is -2.13. The molecule has 0 N–H and O–H groups in total. The van der Waals surface area contributed by atoms with Crippen molar-refractivity contribution < 1.29 is 28.5 Å². The fraction of sp³-hybridized carbons (Fsp3) is 0.290. The molecule has 0 atom stereocenters. The highest BCUT2D eigenvalue weighted by Gasteiger charge is 2.06. The Bertz CT molecular complexity index is 990. The Morgan fingerprint density at radius 2 is 1.03 bits per heavy atom. The normalized spacial score (nSPS) is 11.4. The van der Waals surface area contributed by atoms with Crippen LogP contribution < -0.4 is 9.47 Å². The summed E-state index contributed by atoms with van der Waals surface area (Å²) in [6.07, 6.45) is 9.04. The van der Waals surface area contributed by atoms with Crippen LogP contribution >= 0.6 is 0 Å². The molecule has 0 radical (unpaired) electrons. The van der Waals surface area contributed by atoms with E-state index in [1.54, 1.807) is 38.2 Å². The highest BCUT2D eigenvalue weighted by atomic mass is 16.6. The van der Waals surface area contributed by atoms with Crippen LogP contribution in [0.4, 0.5) is 0 Å². The molecule has 2 aromatic carbocycles. The van der Waals surface area contributed by atoms with Gasteiger partial charge in [-0.2, -0.15) is 0 Å². The number of benzene rings is 2. The van der Waals surface area contributed by atoms with Crippen LogP contribution in [0.2, 0.25) is 0 Å². The van der Waals surface area contributed by atoms with Crippen LogP contribution in [0.3, 0.4) is 0 Å². The fourth-order valence-corrected chi connectivity index (χ4v) is 3.15. The lowest BCUT2D eigenvalue weighted by molar-refractivity contribution is -0.140. The summed E-state index contributed by atoms with van der Waals surface area (Å²) in [7, 11) is 0. The lowest BCUT2D eigenvalue weighted by atomic mass is 10.0. The number of rotatable bonds is 16. The molecule has 0 amide bonds. The molecule has 0 saturated carbocycles. The lowest BCUT2D eigenvalue weighted by Gasteiger charge is -2.10. The van der Waals surface area contributed by atoms with Crippen LogP contribution in [-0.4, -0.2) is 38.4 Å². The molecule has 0 unspecified atom stereocenters. The summed E-state index contributed by atoms with van der Waals surface area (Å²) in [5, 5.41) is 0. The van der Waals surface area contributed by atoms with Gasteiger partial charge in [-0.05, 0) is 68.5 Å². The average Bonchev–Trinajstić information content (AvgIpc) is 2.92. The van der Waals surface area contributed by atoms with Gasteiger partial charge < -0.3 is 18.9 Å². The molecule has 0 saturated heterocycles. The first-order valence-electron chi connectivity index (χ1n) is 12.3. The molecular formula is C31H36O6. The highest BCUT2D eigenvalue weighted by Crippen LogP contribution is 2.18. The summed E-state index contributed by atoms with van der Waals surface area (Å²) in [4.78, 5) is 23.7. The van der Waals surface area contributed by atoms with Crippen molar-refractivity contribution in [3.8, 4) is 11.5 Å². The zero-order chi connectivity index (χ0) is 26.9. The minimum atomic E-state index is -0.344. The number of hydrogen-bond donors (Lipinski definition) is 0. The van der Waals surface area contributed by atoms with E-state index in [0.717, 1.165) is 29.0 Å². The van der Waals surface area contributed by atoms with Crippen LogP contribution in [0.5, 0.6) is 11.5 Å². The van der Waals surface area contributed by atoms with Gasteiger partial charge in [-0.1, -0.05) is 48.6 Å². The predicted octanol–water partition coefficient (Wildman–Crippen LogP) is 6.17. The van der Waals surface area contributed by atoms with Gasteiger partial charge in [0.05, 0.1) is 0 Å². The molecule has 2 aromatic rings. The topological polar surface area (TPSA) is 71.1 Å². The Morgan fingerprint density at radius 1 is 0.649 bits per heavy atom. The maximum Gasteiger partial charge on any atom is 0.333 e. The van der Waals surface area contributed by atoms with Gasteiger partial charge in [0.25, 0.3) is 0 Å². The fourth-order valence-electron chi connectivity index (χ4n) is 3.15. The average molecular weight is 505 g/mol. The third kappa shape index (κ3) is 11.5. The number of allylic oxidation sites excluding steroid dienone is 4. The quantitative estimate of drug-likeness (QED) is 0.118. The smallest absolute Gasteiger partial charge is 0.333 e. The summed E-state index contributed by atoms with van der Waals surface area (Å²) in [5.41, 5.74) is 3.41. The van der Waals surface area contributed by atoms with Gasteiger partial charge in [-0.25, -0.2) is 9.59 Å². The van der Waals surface area contributed by atoms with E-state index in [4.69, 9.17) is 18.9 Å². The van der Waals surface area contributed by atoms with E-state index < -0.39 is 0 Å². The van der Waals surface area contributed by atoms with Crippen molar-refractivity contribution in [3.63, 3.8) is 0 Å². The number of hydrogen-bond acceptors (Lipinski definition) is 6. The zero-order valence-corrected chi connectivity index (χ0v) is 21.7. The van der Waals surface area contributed by atoms with Crippen molar-refractivity contribution in [1.82, 2.24) is 0 Å². The van der Waals surface area contributed by atoms with Gasteiger partial charge in [0, 0.05) is 11.1 Å². The first-order chi connectivity index (χ1) is 17.9. The largest absolute Gasteiger partial charge is 0.490 e. The number of carbonyl (C=O) groups is 2. The van der Waals surface area contributed by atoms with E-state index in [2.05, 4.69) is 13.2 Å². The molecular weight excluding hydrogens is 468 g/mol. The Morgan fingerprint density at radius 3 is 1.38 bits per heavy atom. The van der Waals surface area contributed by atoms with Gasteiger partial charge in [0.15, 0.2) is 0 Å². The molecule has 0 aliphatic rings. The first-order valence-corrected chi connectivity index (χ1v) is 12.3. The number of ether oxygens (including phenoxy) is 4. The van der Waals surface area contributed by atoms with Crippen LogP contribution in [0.15, 0.2) is 97.1 Å². The van der Waals surface area contributed by atoms with Crippen LogP contribution in [0.25, 0.3) is 0 Å². The first kappa shape index (κ1) is 29.2. The monoisotopic (exact) mass is 504 g/mol. The second-order valence-corrected chi connectivity index (χ2v) is 8.26. The zero-order valence-electron chi connectivity index (χ0n) is 21.7. The molecule has 0 fully saturated rings. The van der Waals surface area contributed by atoms with E-state index in [1.165, 1.54) is 0 Å². The van der Waals surface area contributed by atoms with E-state index in [0.29, 0.717) is 24.0 Å². The van der Waals surface area contributed by atoms with Crippen molar-refractivity contribution >= 4 is 11.9 Å². The second-order valence-electron chi connectivity index (χ2n) is 8.26. The van der Waals surface area contributed by atoms with Gasteiger partial charge in [-0.15, -0.1) is 13.2 Å². The van der Waals surface area contributed by atoms with Gasteiger partial charge in [-0.3, -0.25) is 0 Å². The van der Waals surface area contributed by atoms with Crippen molar-refractivity contribution in [2.75, 3.05) is 26.4 Å². The Balaban J connectivity index is 1.69. The van der Waals surface area contributed by atoms with Crippen molar-refractivity contribution in [2.24, 2.45) is 0 Å². The molecule has 196 valence electrons. The van der Waals surface area contributed by atoms with Gasteiger partial charge in [0.1, 0.15) is 37.9 Å². The molecule has 6 nitrogen and oxygen atoms in total. The number of carbonyl (C=O) groups excluding carboxylic acids is 2. The van der Waals surface area contributed by atoms with E-state index in [-0.39, 0.29) is 38.4 Å². The molecule has 0 aliphatic carbocycles. The Kier molecular flexibility index (Phi) is 13.1. The molecule has 0 aliphatic heterocycles. The van der Waals surface area contributed by atoms with Crippen LogP contribution in [0.1, 0.15) is 37.8 Å². The van der Waals surface area contributed by atoms with E-state index in [9.17, 15) is 9.59 Å². The van der Waals surface area contributed by atoms with E-state index in [1.807, 2.05) is 48.5 Å². The summed E-state index contributed by atoms with van der Waals surface area (Å²) in [5.74, 6) is 0.746. The highest BCUT2D eigenvalue weighted by molar-refractivity contribution is 5.88. The van der Waals surface area contributed by atoms with Crippen LogP contribution in [-0.2, 0) is 25.5 Å². The summed E-state index contributed by atoms with van der Waals surface area (Å²) in [6, 6.07) is 15.6. The third-order valence-electron chi connectivity index (χ3n) is 5.25. The molecule has 0 bridgehead atoms. The standard InChI is InChI=1S/C31H36O6/c1-5-7-9-24(3)30(32)36-21-19-34-28-15-11-26(12-16-28)23-27-13-17-29(18-14-27)35-20-22-37-31(33)25(4)10-8-6-2/h5-6,9-18H,1-2,7-8,19-23H2,3-4H3. The summed E-state index contributed by atoms with van der Waals surface area (Å²) < 4.78 is 21.7. The molecule has 0 spiro atoms. The van der Waals surface area contributed by atoms with Crippen molar-refractivity contribution in [2.45, 2.75) is 33.1 Å². The Hall–Kier alpha value is -4.06. The maximum atomic E-state index is 11.8. The Labute approximate surface area is 219 Å². The summed E-state index contributed by atoms with van der Waals surface area (Å²) >= 11 is 0. The van der Waals surface area contributed by atoms with Crippen molar-refractivity contribution in [1.29, 1.82) is 0 Å². The summed E-state index contributed by atoms with van der Waals surface area (Å²) in [6.45, 7) is 11.6. The molecule has 0 heterocycles. The molecule has 37 heavy (non-hydrogen) atoms. The van der Waals surface area contributed by atoms with Gasteiger partial charge >= 0.3 is 11.9 Å². The molecule has 0 aromatic heterocycles. The van der Waals surface area contributed by atoms with Crippen LogP contribution in [0, 0.1) is 0 Å². The minimum absolute atomic E-state index is 0.184. The maximum absolute atomic E-state index is 11.8. The van der Waals surface area contributed by atoms with Crippen molar-refractivity contribution in [3.05, 3.63) is 108 Å². The minimum Gasteiger partial charge on any atom is -0.490 e. The number of esters is 2. The van der Waals surface area contributed by atoms with E-state index >= 15 is 0 Å². The SMILES string of the molecule is C=CCC=C(C)C(=O)OCCOc1ccc(Cc2ccc(OCCOC(=O)C(C)=CCC=C)cc2)cc1.